The van der Waals surface area contributed by atoms with Gasteiger partial charge in [-0.15, -0.1) is 11.3 Å². The number of aromatic nitrogens is 2. The minimum absolute atomic E-state index is 0.00290. The molecule has 26 heavy (non-hydrogen) atoms. The van der Waals surface area contributed by atoms with Crippen molar-refractivity contribution in [3.8, 4) is 10.6 Å². The maximum atomic E-state index is 13.3. The summed E-state index contributed by atoms with van der Waals surface area (Å²) in [5.74, 6) is -1.17. The maximum absolute atomic E-state index is 13.3. The fraction of sp³-hybridized carbons (Fsp3) is 0.118. The third-order valence-corrected chi connectivity index (χ3v) is 4.86. The number of nitrogens with one attached hydrogen (secondary N) is 2. The second-order valence-corrected chi connectivity index (χ2v) is 7.26. The molecule has 1 aromatic carbocycles. The number of hydrogen-bond acceptors (Lipinski definition) is 4. The highest BCUT2D eigenvalue weighted by Crippen LogP contribution is 2.24. The first-order valence-electron chi connectivity index (χ1n) is 7.54. The largest absolute Gasteiger partial charge is 0.345 e. The molecule has 0 aliphatic carbocycles. The van der Waals surface area contributed by atoms with E-state index in [1.54, 1.807) is 41.4 Å². The number of thiazole rings is 1. The molecule has 0 saturated carbocycles. The van der Waals surface area contributed by atoms with Crippen LogP contribution in [0.2, 0.25) is 0 Å². The minimum Gasteiger partial charge on any atom is -0.345 e. The Hall–Kier alpha value is -2.52. The van der Waals surface area contributed by atoms with Gasteiger partial charge in [-0.05, 0) is 34.1 Å². The monoisotopic (exact) mass is 436 g/mol. The lowest BCUT2D eigenvalue weighted by molar-refractivity contribution is -0.121. The highest BCUT2D eigenvalue weighted by molar-refractivity contribution is 9.10. The van der Waals surface area contributed by atoms with Crippen molar-refractivity contribution in [1.29, 1.82) is 0 Å². The predicted molar refractivity (Wildman–Crippen MR) is 99.9 cm³/mol. The van der Waals surface area contributed by atoms with E-state index in [0.717, 1.165) is 4.47 Å². The van der Waals surface area contributed by atoms with E-state index in [1.165, 1.54) is 23.5 Å². The molecule has 0 aliphatic rings. The maximum Gasteiger partial charge on any atom is 0.286 e. The second-order valence-electron chi connectivity index (χ2n) is 5.49. The molecule has 0 spiro atoms. The normalized spacial score (nSPS) is 10.6. The smallest absolute Gasteiger partial charge is 0.286 e. The molecule has 0 atom stereocenters. The summed E-state index contributed by atoms with van der Waals surface area (Å²) in [5, 5.41) is 2.36. The van der Waals surface area contributed by atoms with Gasteiger partial charge in [0, 0.05) is 28.7 Å². The molecule has 6 nitrogen and oxygen atoms in total. The molecule has 0 aliphatic heterocycles. The van der Waals surface area contributed by atoms with Gasteiger partial charge in [-0.3, -0.25) is 20.4 Å². The summed E-state index contributed by atoms with van der Waals surface area (Å²) in [6.45, 7) is 0. The van der Waals surface area contributed by atoms with Crippen LogP contribution in [0.15, 0.2) is 46.4 Å². The molecule has 2 amide bonds. The molecule has 134 valence electrons. The topological polar surface area (TPSA) is 76.0 Å². The number of benzene rings is 1. The standard InChI is InChI=1S/C17H14BrFN4O2S/c1-23-8-11(18)6-14(23)16(25)22-21-15(24)7-13-9-26-17(20-13)10-3-2-4-12(19)5-10/h2-6,8-9H,7H2,1H3,(H,21,24)(H,22,25). The van der Waals surface area contributed by atoms with Crippen molar-refractivity contribution in [2.24, 2.45) is 7.05 Å². The van der Waals surface area contributed by atoms with Crippen LogP contribution < -0.4 is 10.9 Å². The lowest BCUT2D eigenvalue weighted by Gasteiger charge is -2.07. The van der Waals surface area contributed by atoms with E-state index in [2.05, 4.69) is 31.8 Å². The van der Waals surface area contributed by atoms with E-state index in [9.17, 15) is 14.0 Å². The molecule has 0 bridgehead atoms. The van der Waals surface area contributed by atoms with Gasteiger partial charge in [-0.2, -0.15) is 0 Å². The van der Waals surface area contributed by atoms with Gasteiger partial charge in [-0.1, -0.05) is 12.1 Å². The fourth-order valence-electron chi connectivity index (χ4n) is 2.29. The van der Waals surface area contributed by atoms with Crippen LogP contribution in [0, 0.1) is 5.82 Å². The van der Waals surface area contributed by atoms with Gasteiger partial charge < -0.3 is 4.57 Å². The molecule has 0 radical (unpaired) electrons. The lowest BCUT2D eigenvalue weighted by atomic mass is 10.2. The number of halogens is 2. The molecule has 0 unspecified atom stereocenters. The third kappa shape index (κ3) is 4.36. The van der Waals surface area contributed by atoms with Crippen molar-refractivity contribution in [3.63, 3.8) is 0 Å². The number of carbonyl (C=O) groups excluding carboxylic acids is 2. The van der Waals surface area contributed by atoms with Crippen molar-refractivity contribution in [1.82, 2.24) is 20.4 Å². The fourth-order valence-corrected chi connectivity index (χ4v) is 3.63. The number of aryl methyl sites for hydroxylation is 1. The van der Waals surface area contributed by atoms with Gasteiger partial charge in [0.05, 0.1) is 12.1 Å². The van der Waals surface area contributed by atoms with Gasteiger partial charge >= 0.3 is 0 Å². The number of nitrogens with zero attached hydrogens (tertiary/aromatic N) is 2. The first-order valence-corrected chi connectivity index (χ1v) is 9.21. The van der Waals surface area contributed by atoms with E-state index in [-0.39, 0.29) is 12.2 Å². The van der Waals surface area contributed by atoms with Gasteiger partial charge in [-0.25, -0.2) is 9.37 Å². The SMILES string of the molecule is Cn1cc(Br)cc1C(=O)NNC(=O)Cc1csc(-c2cccc(F)c2)n1. The molecule has 9 heteroatoms. The molecule has 2 heterocycles. The predicted octanol–water partition coefficient (Wildman–Crippen LogP) is 3.05. The van der Waals surface area contributed by atoms with E-state index >= 15 is 0 Å². The van der Waals surface area contributed by atoms with E-state index in [4.69, 9.17) is 0 Å². The average molecular weight is 437 g/mol. The van der Waals surface area contributed by atoms with Crippen LogP contribution in [-0.2, 0) is 18.3 Å². The Morgan fingerprint density at radius 2 is 2.12 bits per heavy atom. The molecule has 0 saturated heterocycles. The summed E-state index contributed by atoms with van der Waals surface area (Å²) in [7, 11) is 1.73. The minimum atomic E-state index is -0.426. The second kappa shape index (κ2) is 7.79. The molecule has 2 N–H and O–H groups in total. The summed E-state index contributed by atoms with van der Waals surface area (Å²) in [6, 6.07) is 7.76. The summed E-state index contributed by atoms with van der Waals surface area (Å²) in [5.41, 5.74) is 6.33. The summed E-state index contributed by atoms with van der Waals surface area (Å²) < 4.78 is 15.7. The van der Waals surface area contributed by atoms with Crippen LogP contribution in [0.3, 0.4) is 0 Å². The van der Waals surface area contributed by atoms with Crippen LogP contribution in [0.4, 0.5) is 4.39 Å². The summed E-state index contributed by atoms with van der Waals surface area (Å²) in [6.07, 6.45) is 1.74. The van der Waals surface area contributed by atoms with Crippen LogP contribution >= 0.6 is 27.3 Å². The Labute approximate surface area is 161 Å². The summed E-state index contributed by atoms with van der Waals surface area (Å²) >= 11 is 4.61. The van der Waals surface area contributed by atoms with Gasteiger partial charge in [0.25, 0.3) is 5.91 Å². The van der Waals surface area contributed by atoms with E-state index in [0.29, 0.717) is 22.0 Å². The molecule has 3 rings (SSSR count). The summed E-state index contributed by atoms with van der Waals surface area (Å²) in [4.78, 5) is 28.4. The number of rotatable bonds is 4. The number of amides is 2. The van der Waals surface area contributed by atoms with Gasteiger partial charge in [0.2, 0.25) is 5.91 Å². The quantitative estimate of drug-likeness (QED) is 0.617. The van der Waals surface area contributed by atoms with Gasteiger partial charge in [0.1, 0.15) is 16.5 Å². The first kappa shape index (κ1) is 18.3. The zero-order valence-electron chi connectivity index (χ0n) is 13.6. The zero-order chi connectivity index (χ0) is 18.7. The Morgan fingerprint density at radius 1 is 1.31 bits per heavy atom. The number of hydrazine groups is 1. The van der Waals surface area contributed by atoms with Crippen molar-refractivity contribution in [3.05, 3.63) is 63.6 Å². The van der Waals surface area contributed by atoms with E-state index < -0.39 is 11.8 Å². The molecular weight excluding hydrogens is 423 g/mol. The number of hydrogen-bond donors (Lipinski definition) is 2. The lowest BCUT2D eigenvalue weighted by Crippen LogP contribution is -2.43. The van der Waals surface area contributed by atoms with Crippen molar-refractivity contribution in [2.75, 3.05) is 0 Å². The molecular formula is C17H14BrFN4O2S. The molecule has 3 aromatic rings. The van der Waals surface area contributed by atoms with Crippen LogP contribution in [0.25, 0.3) is 10.6 Å². The van der Waals surface area contributed by atoms with Crippen LogP contribution in [0.5, 0.6) is 0 Å². The van der Waals surface area contributed by atoms with Crippen LogP contribution in [-0.4, -0.2) is 21.4 Å². The Kier molecular flexibility index (Phi) is 5.48. The van der Waals surface area contributed by atoms with Crippen molar-refractivity contribution in [2.45, 2.75) is 6.42 Å². The third-order valence-electron chi connectivity index (χ3n) is 3.48. The Morgan fingerprint density at radius 3 is 2.81 bits per heavy atom. The first-order chi connectivity index (χ1) is 12.4. The molecule has 2 aromatic heterocycles. The molecule has 0 fully saturated rings. The van der Waals surface area contributed by atoms with Crippen molar-refractivity contribution < 1.29 is 14.0 Å². The Balaban J connectivity index is 1.57. The zero-order valence-corrected chi connectivity index (χ0v) is 16.0. The highest BCUT2D eigenvalue weighted by atomic mass is 79.9. The van der Waals surface area contributed by atoms with E-state index in [1.807, 2.05) is 0 Å². The number of carbonyl (C=O) groups is 2. The average Bonchev–Trinajstić information content (AvgIpc) is 3.19. The Bertz CT molecular complexity index is 969. The van der Waals surface area contributed by atoms with Crippen LogP contribution in [0.1, 0.15) is 16.2 Å². The highest BCUT2D eigenvalue weighted by Gasteiger charge is 2.13. The van der Waals surface area contributed by atoms with Crippen molar-refractivity contribution >= 4 is 39.1 Å². The van der Waals surface area contributed by atoms with Gasteiger partial charge in [0.15, 0.2) is 0 Å².